The third-order valence-corrected chi connectivity index (χ3v) is 4.79. The van der Waals surface area contributed by atoms with Crippen molar-refractivity contribution in [2.24, 2.45) is 0 Å². The first-order valence-electron chi connectivity index (χ1n) is 5.86. The summed E-state index contributed by atoms with van der Waals surface area (Å²) in [7, 11) is -3.37. The molecule has 0 bridgehead atoms. The van der Waals surface area contributed by atoms with E-state index in [1.165, 1.54) is 16.6 Å². The average Bonchev–Trinajstić information content (AvgIpc) is 2.84. The van der Waals surface area contributed by atoms with Crippen LogP contribution >= 0.6 is 0 Å². The first-order chi connectivity index (χ1) is 8.14. The lowest BCUT2D eigenvalue weighted by atomic mass is 10.3. The molecule has 1 aromatic heterocycles. The molecule has 0 unspecified atom stereocenters. The van der Waals surface area contributed by atoms with Gasteiger partial charge in [-0.15, -0.1) is 0 Å². The molecular weight excluding hydrogens is 240 g/mol. The maximum Gasteiger partial charge on any atom is 0.260 e. The van der Waals surface area contributed by atoms with Crippen LogP contribution in [0.25, 0.3) is 0 Å². The van der Waals surface area contributed by atoms with Crippen LogP contribution in [-0.4, -0.2) is 60.5 Å². The van der Waals surface area contributed by atoms with Crippen LogP contribution in [0, 0.1) is 0 Å². The fourth-order valence-corrected chi connectivity index (χ4v) is 3.36. The minimum Gasteiger partial charge on any atom is -0.301 e. The van der Waals surface area contributed by atoms with Crippen molar-refractivity contribution in [2.75, 3.05) is 32.7 Å². The Hall–Kier alpha value is -0.920. The van der Waals surface area contributed by atoms with Gasteiger partial charge in [-0.3, -0.25) is 5.10 Å². The SMILES string of the molecule is CCCN1CCN(S(=O)(=O)c2ccn[nH]2)CC1. The molecule has 1 saturated heterocycles. The molecule has 2 heterocycles. The van der Waals surface area contributed by atoms with E-state index in [1.807, 2.05) is 0 Å². The van der Waals surface area contributed by atoms with E-state index in [0.717, 1.165) is 26.1 Å². The number of aromatic nitrogens is 2. The van der Waals surface area contributed by atoms with Crippen LogP contribution in [0.2, 0.25) is 0 Å². The van der Waals surface area contributed by atoms with E-state index in [4.69, 9.17) is 0 Å². The third-order valence-electron chi connectivity index (χ3n) is 2.96. The van der Waals surface area contributed by atoms with Gasteiger partial charge in [0.15, 0.2) is 5.03 Å². The predicted molar refractivity (Wildman–Crippen MR) is 64.1 cm³/mol. The predicted octanol–water partition coefficient (Wildman–Crippen LogP) is 0.126. The number of nitrogens with zero attached hydrogens (tertiary/aromatic N) is 3. The Kier molecular flexibility index (Phi) is 3.80. The Labute approximate surface area is 102 Å². The minimum atomic E-state index is -3.37. The van der Waals surface area contributed by atoms with Crippen molar-refractivity contribution in [2.45, 2.75) is 18.4 Å². The average molecular weight is 258 g/mol. The topological polar surface area (TPSA) is 69.3 Å². The number of hydrogen-bond acceptors (Lipinski definition) is 4. The van der Waals surface area contributed by atoms with Gasteiger partial charge in [0, 0.05) is 26.2 Å². The summed E-state index contributed by atoms with van der Waals surface area (Å²) in [6.07, 6.45) is 2.56. The molecule has 1 fully saturated rings. The summed E-state index contributed by atoms with van der Waals surface area (Å²) in [5, 5.41) is 6.39. The van der Waals surface area contributed by atoms with Crippen LogP contribution in [0.5, 0.6) is 0 Å². The zero-order valence-electron chi connectivity index (χ0n) is 9.96. The van der Waals surface area contributed by atoms with Gasteiger partial charge in [-0.25, -0.2) is 8.42 Å². The van der Waals surface area contributed by atoms with Gasteiger partial charge in [-0.2, -0.15) is 9.40 Å². The first-order valence-corrected chi connectivity index (χ1v) is 7.30. The van der Waals surface area contributed by atoms with Crippen molar-refractivity contribution in [1.82, 2.24) is 19.4 Å². The fraction of sp³-hybridized carbons (Fsp3) is 0.700. The summed E-state index contributed by atoms with van der Waals surface area (Å²) in [5.41, 5.74) is 0. The monoisotopic (exact) mass is 258 g/mol. The maximum absolute atomic E-state index is 12.1. The summed E-state index contributed by atoms with van der Waals surface area (Å²) < 4.78 is 25.8. The van der Waals surface area contributed by atoms with Gasteiger partial charge < -0.3 is 4.90 Å². The molecular formula is C10H18N4O2S. The highest BCUT2D eigenvalue weighted by Gasteiger charge is 2.28. The molecule has 2 rings (SSSR count). The van der Waals surface area contributed by atoms with Crippen molar-refractivity contribution in [3.8, 4) is 0 Å². The second-order valence-corrected chi connectivity index (χ2v) is 6.07. The number of sulfonamides is 1. The number of H-pyrrole nitrogens is 1. The van der Waals surface area contributed by atoms with E-state index in [9.17, 15) is 8.42 Å². The van der Waals surface area contributed by atoms with Crippen molar-refractivity contribution in [1.29, 1.82) is 0 Å². The second kappa shape index (κ2) is 5.16. The van der Waals surface area contributed by atoms with Gasteiger partial charge in [-0.1, -0.05) is 6.92 Å². The van der Waals surface area contributed by atoms with Gasteiger partial charge >= 0.3 is 0 Å². The molecule has 0 aromatic carbocycles. The summed E-state index contributed by atoms with van der Waals surface area (Å²) in [6, 6.07) is 1.49. The van der Waals surface area contributed by atoms with Crippen LogP contribution in [0.1, 0.15) is 13.3 Å². The van der Waals surface area contributed by atoms with Crippen LogP contribution in [0.4, 0.5) is 0 Å². The number of rotatable bonds is 4. The zero-order valence-corrected chi connectivity index (χ0v) is 10.8. The second-order valence-electron chi connectivity index (χ2n) is 4.17. The summed E-state index contributed by atoms with van der Waals surface area (Å²) in [4.78, 5) is 2.29. The maximum atomic E-state index is 12.1. The molecule has 7 heteroatoms. The van der Waals surface area contributed by atoms with Gasteiger partial charge in [0.05, 0.1) is 6.20 Å². The lowest BCUT2D eigenvalue weighted by Gasteiger charge is -2.33. The Morgan fingerprint density at radius 2 is 2.06 bits per heavy atom. The lowest BCUT2D eigenvalue weighted by molar-refractivity contribution is 0.188. The van der Waals surface area contributed by atoms with E-state index in [0.29, 0.717) is 13.1 Å². The smallest absolute Gasteiger partial charge is 0.260 e. The van der Waals surface area contributed by atoms with Crippen LogP contribution in [-0.2, 0) is 10.0 Å². The summed E-state index contributed by atoms with van der Waals surface area (Å²) in [6.45, 7) is 5.90. The van der Waals surface area contributed by atoms with Crippen LogP contribution in [0.15, 0.2) is 17.3 Å². The Morgan fingerprint density at radius 3 is 2.59 bits per heavy atom. The number of piperazine rings is 1. The molecule has 1 N–H and O–H groups in total. The molecule has 0 amide bonds. The van der Waals surface area contributed by atoms with Gasteiger partial charge in [-0.05, 0) is 19.0 Å². The molecule has 6 nitrogen and oxygen atoms in total. The van der Waals surface area contributed by atoms with E-state index in [1.54, 1.807) is 0 Å². The number of aromatic amines is 1. The first kappa shape index (κ1) is 12.5. The van der Waals surface area contributed by atoms with Crippen molar-refractivity contribution >= 4 is 10.0 Å². The largest absolute Gasteiger partial charge is 0.301 e. The molecule has 0 saturated carbocycles. The Morgan fingerprint density at radius 1 is 1.35 bits per heavy atom. The molecule has 0 spiro atoms. The molecule has 0 radical (unpaired) electrons. The molecule has 0 aliphatic carbocycles. The normalized spacial score (nSPS) is 19.6. The van der Waals surface area contributed by atoms with Gasteiger partial charge in [0.1, 0.15) is 0 Å². The van der Waals surface area contributed by atoms with Gasteiger partial charge in [0.2, 0.25) is 0 Å². The lowest BCUT2D eigenvalue weighted by Crippen LogP contribution is -2.48. The van der Waals surface area contributed by atoms with E-state index in [2.05, 4.69) is 22.0 Å². The molecule has 1 aromatic rings. The summed E-state index contributed by atoms with van der Waals surface area (Å²) in [5.74, 6) is 0. The van der Waals surface area contributed by atoms with E-state index < -0.39 is 10.0 Å². The minimum absolute atomic E-state index is 0.182. The van der Waals surface area contributed by atoms with E-state index >= 15 is 0 Å². The highest BCUT2D eigenvalue weighted by Crippen LogP contribution is 2.14. The molecule has 1 aliphatic rings. The standard InChI is InChI=1S/C10H18N4O2S/c1-2-5-13-6-8-14(9-7-13)17(15,16)10-3-4-11-12-10/h3-4H,2,5-9H2,1H3,(H,11,12). The third kappa shape index (κ3) is 2.67. The van der Waals surface area contributed by atoms with Crippen molar-refractivity contribution < 1.29 is 8.42 Å². The van der Waals surface area contributed by atoms with Gasteiger partial charge in [0.25, 0.3) is 10.0 Å². The summed E-state index contributed by atoms with van der Waals surface area (Å²) >= 11 is 0. The van der Waals surface area contributed by atoms with E-state index in [-0.39, 0.29) is 5.03 Å². The number of nitrogens with one attached hydrogen (secondary N) is 1. The van der Waals surface area contributed by atoms with Crippen LogP contribution < -0.4 is 0 Å². The molecule has 17 heavy (non-hydrogen) atoms. The zero-order chi connectivity index (χ0) is 12.3. The highest BCUT2D eigenvalue weighted by molar-refractivity contribution is 7.89. The Bertz CT molecular complexity index is 435. The highest BCUT2D eigenvalue weighted by atomic mass is 32.2. The quantitative estimate of drug-likeness (QED) is 0.833. The fourth-order valence-electron chi connectivity index (χ4n) is 2.04. The van der Waals surface area contributed by atoms with Crippen molar-refractivity contribution in [3.63, 3.8) is 0 Å². The molecule has 1 aliphatic heterocycles. The Balaban J connectivity index is 2.01. The number of hydrogen-bond donors (Lipinski definition) is 1. The van der Waals surface area contributed by atoms with Crippen molar-refractivity contribution in [3.05, 3.63) is 12.3 Å². The molecule has 96 valence electrons. The molecule has 0 atom stereocenters. The van der Waals surface area contributed by atoms with Crippen LogP contribution in [0.3, 0.4) is 0 Å².